The minimum absolute atomic E-state index is 0. The second kappa shape index (κ2) is 10.0. The molecule has 2 fully saturated rings. The Morgan fingerprint density at radius 1 is 1.14 bits per heavy atom. The summed E-state index contributed by atoms with van der Waals surface area (Å²) in [7, 11) is 0. The van der Waals surface area contributed by atoms with E-state index in [1.165, 1.54) is 0 Å². The van der Waals surface area contributed by atoms with Gasteiger partial charge >= 0.3 is 0 Å². The van der Waals surface area contributed by atoms with Crippen LogP contribution in [-0.2, 0) is 9.59 Å². The summed E-state index contributed by atoms with van der Waals surface area (Å²) in [5.74, 6) is 0.935. The topological polar surface area (TPSA) is 64.7 Å². The number of rotatable bonds is 5. The van der Waals surface area contributed by atoms with Gasteiger partial charge in [-0.2, -0.15) is 0 Å². The van der Waals surface area contributed by atoms with Gasteiger partial charge in [-0.1, -0.05) is 0 Å². The molecule has 2 heterocycles. The number of likely N-dealkylation sites (tertiary alicyclic amines) is 1. The maximum atomic E-state index is 12.1. The lowest BCUT2D eigenvalue weighted by atomic mass is 9.96. The largest absolute Gasteiger partial charge is 0.356 e. The Morgan fingerprint density at radius 2 is 1.77 bits per heavy atom. The van der Waals surface area contributed by atoms with Crippen LogP contribution in [0.5, 0.6) is 0 Å². The number of carbonyl (C=O) groups excluding carboxylic acids is 2. The van der Waals surface area contributed by atoms with Crippen LogP contribution in [0.15, 0.2) is 0 Å². The summed E-state index contributed by atoms with van der Waals surface area (Å²) in [6, 6.07) is 0. The van der Waals surface area contributed by atoms with Crippen LogP contribution < -0.4 is 10.6 Å². The average molecular weight is 333 g/mol. The molecule has 0 bridgehead atoms. The van der Waals surface area contributed by atoms with Gasteiger partial charge in [0, 0.05) is 52.6 Å². The number of hydrogen-bond donors (Lipinski definition) is 2. The van der Waals surface area contributed by atoms with Gasteiger partial charge < -0.3 is 20.4 Å². The van der Waals surface area contributed by atoms with E-state index in [1.807, 2.05) is 4.90 Å². The monoisotopic (exact) mass is 332 g/mol. The zero-order valence-electron chi connectivity index (χ0n) is 13.5. The second-order valence-corrected chi connectivity index (χ2v) is 6.10. The van der Waals surface area contributed by atoms with E-state index in [1.54, 1.807) is 6.92 Å². The van der Waals surface area contributed by atoms with Crippen molar-refractivity contribution in [3.8, 4) is 0 Å². The predicted molar refractivity (Wildman–Crippen MR) is 89.2 cm³/mol. The molecule has 7 heteroatoms. The number of carbonyl (C=O) groups is 2. The predicted octanol–water partition coefficient (Wildman–Crippen LogP) is 0.0782. The smallest absolute Gasteiger partial charge is 0.223 e. The van der Waals surface area contributed by atoms with Crippen LogP contribution in [0, 0.1) is 5.92 Å². The molecule has 0 radical (unpaired) electrons. The first-order chi connectivity index (χ1) is 10.1. The summed E-state index contributed by atoms with van der Waals surface area (Å²) < 4.78 is 0. The molecule has 2 N–H and O–H groups in total. The lowest BCUT2D eigenvalue weighted by Gasteiger charge is -2.33. The third-order valence-electron chi connectivity index (χ3n) is 4.46. The molecule has 0 saturated carbocycles. The van der Waals surface area contributed by atoms with E-state index in [-0.39, 0.29) is 24.2 Å². The van der Waals surface area contributed by atoms with E-state index in [4.69, 9.17) is 0 Å². The zero-order valence-corrected chi connectivity index (χ0v) is 14.3. The van der Waals surface area contributed by atoms with Crippen LogP contribution in [0.1, 0.15) is 26.2 Å². The summed E-state index contributed by atoms with van der Waals surface area (Å²) in [6.45, 7) is 8.84. The Hall–Kier alpha value is -0.850. The third kappa shape index (κ3) is 6.50. The third-order valence-corrected chi connectivity index (χ3v) is 4.46. The lowest BCUT2D eigenvalue weighted by molar-refractivity contribution is -0.132. The van der Waals surface area contributed by atoms with Crippen LogP contribution in [-0.4, -0.2) is 74.0 Å². The number of nitrogens with zero attached hydrogens (tertiary/aromatic N) is 2. The fourth-order valence-corrected chi connectivity index (χ4v) is 3.03. The molecule has 2 amide bonds. The van der Waals surface area contributed by atoms with E-state index in [0.717, 1.165) is 65.2 Å². The Morgan fingerprint density at radius 3 is 2.36 bits per heavy atom. The van der Waals surface area contributed by atoms with E-state index >= 15 is 0 Å². The van der Waals surface area contributed by atoms with Crippen molar-refractivity contribution in [1.29, 1.82) is 0 Å². The van der Waals surface area contributed by atoms with Crippen LogP contribution in [0.3, 0.4) is 0 Å². The van der Waals surface area contributed by atoms with E-state index in [9.17, 15) is 9.59 Å². The fraction of sp³-hybridized carbons (Fsp3) is 0.867. The van der Waals surface area contributed by atoms with Crippen LogP contribution in [0.25, 0.3) is 0 Å². The minimum atomic E-state index is 0. The molecular formula is C15H29ClN4O2. The Balaban J connectivity index is 0.00000242. The van der Waals surface area contributed by atoms with Crippen LogP contribution in [0.4, 0.5) is 0 Å². The fourth-order valence-electron chi connectivity index (χ4n) is 3.03. The molecule has 2 saturated heterocycles. The molecule has 0 aromatic heterocycles. The Kier molecular flexibility index (Phi) is 8.75. The number of halogens is 1. The summed E-state index contributed by atoms with van der Waals surface area (Å²) in [5.41, 5.74) is 0. The van der Waals surface area contributed by atoms with Gasteiger partial charge in [0.25, 0.3) is 0 Å². The van der Waals surface area contributed by atoms with Crippen molar-refractivity contribution in [3.63, 3.8) is 0 Å². The van der Waals surface area contributed by atoms with Gasteiger partial charge in [0.2, 0.25) is 11.8 Å². The average Bonchev–Trinajstić information content (AvgIpc) is 2.52. The van der Waals surface area contributed by atoms with Crippen molar-refractivity contribution in [3.05, 3.63) is 0 Å². The summed E-state index contributed by atoms with van der Waals surface area (Å²) >= 11 is 0. The Bertz CT molecular complexity index is 353. The number of piperidine rings is 1. The molecule has 0 unspecified atom stereocenters. The first-order valence-corrected chi connectivity index (χ1v) is 8.10. The van der Waals surface area contributed by atoms with Crippen molar-refractivity contribution < 1.29 is 9.59 Å². The number of piperazine rings is 1. The van der Waals surface area contributed by atoms with Gasteiger partial charge in [0.1, 0.15) is 0 Å². The van der Waals surface area contributed by atoms with Crippen molar-refractivity contribution >= 4 is 24.2 Å². The van der Waals surface area contributed by atoms with Crippen LogP contribution >= 0.6 is 12.4 Å². The zero-order chi connectivity index (χ0) is 15.1. The molecule has 0 aliphatic carbocycles. The number of hydrogen-bond acceptors (Lipinski definition) is 4. The van der Waals surface area contributed by atoms with Gasteiger partial charge in [-0.3, -0.25) is 9.59 Å². The SMILES string of the molecule is CC(=O)NCC1CCN(CCC(=O)N2CCNCC2)CC1.Cl. The van der Waals surface area contributed by atoms with Crippen molar-refractivity contribution in [1.82, 2.24) is 20.4 Å². The highest BCUT2D eigenvalue weighted by Crippen LogP contribution is 2.16. The van der Waals surface area contributed by atoms with E-state index in [2.05, 4.69) is 15.5 Å². The molecule has 2 aliphatic heterocycles. The van der Waals surface area contributed by atoms with Gasteiger partial charge in [0.05, 0.1) is 0 Å². The molecule has 2 aliphatic rings. The maximum absolute atomic E-state index is 12.1. The van der Waals surface area contributed by atoms with Crippen molar-refractivity contribution in [2.75, 3.05) is 52.4 Å². The highest BCUT2D eigenvalue weighted by molar-refractivity contribution is 5.85. The van der Waals surface area contributed by atoms with Gasteiger partial charge in [-0.15, -0.1) is 12.4 Å². The molecule has 0 spiro atoms. The standard InChI is InChI=1S/C15H28N4O2.ClH/c1-13(20)17-12-14-2-7-18(8-3-14)9-4-15(21)19-10-5-16-6-11-19;/h14,16H,2-12H2,1H3,(H,17,20);1H. The summed E-state index contributed by atoms with van der Waals surface area (Å²) in [4.78, 5) is 27.4. The second-order valence-electron chi connectivity index (χ2n) is 6.10. The minimum Gasteiger partial charge on any atom is -0.356 e. The van der Waals surface area contributed by atoms with Gasteiger partial charge in [0.15, 0.2) is 0 Å². The lowest BCUT2D eigenvalue weighted by Crippen LogP contribution is -2.47. The molecule has 0 aromatic rings. The van der Waals surface area contributed by atoms with E-state index < -0.39 is 0 Å². The molecule has 0 atom stereocenters. The molecule has 128 valence electrons. The molecule has 6 nitrogen and oxygen atoms in total. The normalized spacial score (nSPS) is 20.3. The molecular weight excluding hydrogens is 304 g/mol. The number of nitrogens with one attached hydrogen (secondary N) is 2. The highest BCUT2D eigenvalue weighted by Gasteiger charge is 2.21. The van der Waals surface area contributed by atoms with Gasteiger partial charge in [-0.05, 0) is 31.8 Å². The molecule has 0 aromatic carbocycles. The first kappa shape index (κ1) is 19.2. The number of amides is 2. The first-order valence-electron chi connectivity index (χ1n) is 8.10. The van der Waals surface area contributed by atoms with Crippen molar-refractivity contribution in [2.45, 2.75) is 26.2 Å². The molecule has 22 heavy (non-hydrogen) atoms. The van der Waals surface area contributed by atoms with Crippen LogP contribution in [0.2, 0.25) is 0 Å². The van der Waals surface area contributed by atoms with E-state index in [0.29, 0.717) is 12.3 Å². The summed E-state index contributed by atoms with van der Waals surface area (Å²) in [5, 5.41) is 6.16. The molecule has 2 rings (SSSR count). The van der Waals surface area contributed by atoms with Crippen molar-refractivity contribution in [2.24, 2.45) is 5.92 Å². The van der Waals surface area contributed by atoms with Gasteiger partial charge in [-0.25, -0.2) is 0 Å². The summed E-state index contributed by atoms with van der Waals surface area (Å²) in [6.07, 6.45) is 2.86. The maximum Gasteiger partial charge on any atom is 0.223 e. The highest BCUT2D eigenvalue weighted by atomic mass is 35.5. The quantitative estimate of drug-likeness (QED) is 0.748. The Labute approximate surface area is 139 Å².